The lowest BCUT2D eigenvalue weighted by atomic mass is 10.0. The summed E-state index contributed by atoms with van der Waals surface area (Å²) in [7, 11) is 1.90. The number of nitrogens with one attached hydrogen (secondary N) is 1. The van der Waals surface area contributed by atoms with Crippen molar-refractivity contribution in [2.75, 3.05) is 23.8 Å². The van der Waals surface area contributed by atoms with Crippen LogP contribution < -0.4 is 10.2 Å². The predicted octanol–water partition coefficient (Wildman–Crippen LogP) is 3.77. The van der Waals surface area contributed by atoms with E-state index in [4.69, 9.17) is 0 Å². The van der Waals surface area contributed by atoms with Gasteiger partial charge in [-0.3, -0.25) is 4.79 Å². The number of hydrogen-bond acceptors (Lipinski definition) is 4. The van der Waals surface area contributed by atoms with E-state index in [2.05, 4.69) is 23.2 Å². The van der Waals surface area contributed by atoms with Crippen LogP contribution in [0.1, 0.15) is 25.0 Å². The van der Waals surface area contributed by atoms with Crippen LogP contribution in [0.3, 0.4) is 0 Å². The molecule has 5 nitrogen and oxygen atoms in total. The summed E-state index contributed by atoms with van der Waals surface area (Å²) in [4.78, 5) is 13.0. The Bertz CT molecular complexity index is 958. The van der Waals surface area contributed by atoms with Crippen LogP contribution in [-0.2, 0) is 4.79 Å². The molecular weight excluding hydrogens is 338 g/mol. The number of benzene rings is 2. The van der Waals surface area contributed by atoms with Gasteiger partial charge < -0.3 is 15.3 Å². The monoisotopic (exact) mass is 359 g/mol. The SMILES string of the molecule is CCN(C)c1cc(O)ccc1/C(C#N)=C/C#Cc1ccc(NC(C)=O)cc1. The van der Waals surface area contributed by atoms with Gasteiger partial charge in [0.05, 0.1) is 5.57 Å². The molecule has 0 aliphatic carbocycles. The fourth-order valence-corrected chi connectivity index (χ4v) is 2.44. The minimum absolute atomic E-state index is 0.128. The van der Waals surface area contributed by atoms with Crippen LogP contribution in [0.4, 0.5) is 11.4 Å². The summed E-state index contributed by atoms with van der Waals surface area (Å²) in [6.45, 7) is 4.19. The number of hydrogen-bond donors (Lipinski definition) is 2. The second-order valence-electron chi connectivity index (χ2n) is 5.91. The fraction of sp³-hybridized carbons (Fsp3) is 0.182. The van der Waals surface area contributed by atoms with Crippen molar-refractivity contribution >= 4 is 22.9 Å². The maximum absolute atomic E-state index is 11.0. The molecule has 0 aliphatic rings. The third-order valence-corrected chi connectivity index (χ3v) is 3.92. The van der Waals surface area contributed by atoms with E-state index < -0.39 is 0 Å². The van der Waals surface area contributed by atoms with Crippen molar-refractivity contribution in [3.63, 3.8) is 0 Å². The van der Waals surface area contributed by atoms with Crippen molar-refractivity contribution < 1.29 is 9.90 Å². The van der Waals surface area contributed by atoms with Gasteiger partial charge >= 0.3 is 0 Å². The van der Waals surface area contributed by atoms with Gasteiger partial charge in [-0.05, 0) is 43.3 Å². The van der Waals surface area contributed by atoms with Gasteiger partial charge in [0.25, 0.3) is 0 Å². The maximum atomic E-state index is 11.0. The normalized spacial score (nSPS) is 10.4. The third kappa shape index (κ3) is 5.39. The van der Waals surface area contributed by atoms with Crippen molar-refractivity contribution in [3.8, 4) is 23.7 Å². The number of anilines is 2. The standard InChI is InChI=1S/C22H21N3O2/c1-4-25(3)22-14-20(27)12-13-21(22)18(15-23)7-5-6-17-8-10-19(11-9-17)24-16(2)26/h7-14,27H,4H2,1-3H3,(H,24,26)/b18-7+. The molecular formula is C22H21N3O2. The summed E-state index contributed by atoms with van der Waals surface area (Å²) in [6.07, 6.45) is 1.57. The molecule has 136 valence electrons. The molecule has 0 heterocycles. The highest BCUT2D eigenvalue weighted by atomic mass is 16.3. The van der Waals surface area contributed by atoms with Crippen LogP contribution in [0, 0.1) is 23.2 Å². The molecule has 2 rings (SSSR count). The Kier molecular flexibility index (Phi) is 6.63. The minimum atomic E-state index is -0.128. The first-order chi connectivity index (χ1) is 12.9. The molecule has 2 aromatic carbocycles. The van der Waals surface area contributed by atoms with Crippen LogP contribution >= 0.6 is 0 Å². The highest BCUT2D eigenvalue weighted by molar-refractivity contribution is 5.88. The first kappa shape index (κ1) is 19.6. The number of aromatic hydroxyl groups is 1. The Morgan fingerprint density at radius 2 is 1.96 bits per heavy atom. The van der Waals surface area contributed by atoms with E-state index in [-0.39, 0.29) is 11.7 Å². The third-order valence-electron chi connectivity index (χ3n) is 3.92. The number of allylic oxidation sites excluding steroid dienone is 2. The Labute approximate surface area is 159 Å². The molecule has 0 radical (unpaired) electrons. The molecule has 5 heteroatoms. The fourth-order valence-electron chi connectivity index (χ4n) is 2.44. The average molecular weight is 359 g/mol. The van der Waals surface area contributed by atoms with E-state index >= 15 is 0 Å². The number of amides is 1. The van der Waals surface area contributed by atoms with Gasteiger partial charge in [0.15, 0.2) is 0 Å². The summed E-state index contributed by atoms with van der Waals surface area (Å²) in [5.74, 6) is 5.91. The molecule has 0 saturated heterocycles. The average Bonchev–Trinajstić information content (AvgIpc) is 2.66. The first-order valence-electron chi connectivity index (χ1n) is 8.48. The van der Waals surface area contributed by atoms with E-state index in [9.17, 15) is 15.2 Å². The van der Waals surface area contributed by atoms with Gasteiger partial charge in [-0.15, -0.1) is 0 Å². The van der Waals surface area contributed by atoms with Crippen LogP contribution in [0.2, 0.25) is 0 Å². The molecule has 0 aliphatic heterocycles. The molecule has 2 aromatic rings. The Balaban J connectivity index is 2.30. The number of phenols is 1. The molecule has 0 bridgehead atoms. The second-order valence-corrected chi connectivity index (χ2v) is 5.91. The smallest absolute Gasteiger partial charge is 0.221 e. The van der Waals surface area contributed by atoms with E-state index in [0.717, 1.165) is 23.4 Å². The van der Waals surface area contributed by atoms with Gasteiger partial charge in [-0.1, -0.05) is 11.8 Å². The number of nitrogens with zero attached hydrogens (tertiary/aromatic N) is 2. The summed E-state index contributed by atoms with van der Waals surface area (Å²) < 4.78 is 0. The van der Waals surface area contributed by atoms with Crippen molar-refractivity contribution in [3.05, 3.63) is 59.7 Å². The molecule has 27 heavy (non-hydrogen) atoms. The lowest BCUT2D eigenvalue weighted by Crippen LogP contribution is -2.17. The Morgan fingerprint density at radius 3 is 2.56 bits per heavy atom. The molecule has 0 aromatic heterocycles. The Morgan fingerprint density at radius 1 is 1.26 bits per heavy atom. The van der Waals surface area contributed by atoms with Crippen LogP contribution in [0.5, 0.6) is 5.75 Å². The number of nitriles is 1. The lowest BCUT2D eigenvalue weighted by Gasteiger charge is -2.20. The molecule has 0 atom stereocenters. The largest absolute Gasteiger partial charge is 0.508 e. The maximum Gasteiger partial charge on any atom is 0.221 e. The van der Waals surface area contributed by atoms with E-state index in [1.807, 2.05) is 18.9 Å². The molecule has 0 fully saturated rings. The van der Waals surface area contributed by atoms with Gasteiger partial charge in [0.1, 0.15) is 11.8 Å². The van der Waals surface area contributed by atoms with Gasteiger partial charge in [-0.25, -0.2) is 0 Å². The Hall–Kier alpha value is -3.70. The minimum Gasteiger partial charge on any atom is -0.508 e. The predicted molar refractivity (Wildman–Crippen MR) is 108 cm³/mol. The number of rotatable bonds is 4. The van der Waals surface area contributed by atoms with Gasteiger partial charge in [-0.2, -0.15) is 5.26 Å². The van der Waals surface area contributed by atoms with E-state index in [1.165, 1.54) is 6.92 Å². The van der Waals surface area contributed by atoms with Crippen molar-refractivity contribution in [2.24, 2.45) is 0 Å². The summed E-state index contributed by atoms with van der Waals surface area (Å²) in [6, 6.07) is 14.2. The summed E-state index contributed by atoms with van der Waals surface area (Å²) in [5, 5.41) is 22.0. The zero-order valence-electron chi connectivity index (χ0n) is 15.6. The molecule has 1 amide bonds. The molecule has 0 saturated carbocycles. The van der Waals surface area contributed by atoms with E-state index in [0.29, 0.717) is 11.3 Å². The second kappa shape index (κ2) is 9.12. The lowest BCUT2D eigenvalue weighted by molar-refractivity contribution is -0.114. The van der Waals surface area contributed by atoms with Crippen LogP contribution in [0.25, 0.3) is 5.57 Å². The highest BCUT2D eigenvalue weighted by Crippen LogP contribution is 2.29. The molecule has 0 spiro atoms. The number of carbonyl (C=O) groups is 1. The quantitative estimate of drug-likeness (QED) is 0.644. The molecule has 2 N–H and O–H groups in total. The van der Waals surface area contributed by atoms with Gasteiger partial charge in [0, 0.05) is 55.2 Å². The first-order valence-corrected chi connectivity index (χ1v) is 8.48. The van der Waals surface area contributed by atoms with Gasteiger partial charge in [0.2, 0.25) is 5.91 Å². The van der Waals surface area contributed by atoms with Crippen molar-refractivity contribution in [1.82, 2.24) is 0 Å². The van der Waals surface area contributed by atoms with E-state index in [1.54, 1.807) is 48.5 Å². The highest BCUT2D eigenvalue weighted by Gasteiger charge is 2.11. The zero-order valence-corrected chi connectivity index (χ0v) is 15.6. The number of phenolic OH excluding ortho intramolecular Hbond substituents is 1. The molecule has 0 unspecified atom stereocenters. The summed E-state index contributed by atoms with van der Waals surface area (Å²) >= 11 is 0. The number of carbonyl (C=O) groups excluding carboxylic acids is 1. The summed E-state index contributed by atoms with van der Waals surface area (Å²) in [5.41, 5.74) is 3.39. The zero-order chi connectivity index (χ0) is 19.8. The van der Waals surface area contributed by atoms with Crippen molar-refractivity contribution in [2.45, 2.75) is 13.8 Å². The van der Waals surface area contributed by atoms with Crippen molar-refractivity contribution in [1.29, 1.82) is 5.26 Å². The van der Waals surface area contributed by atoms with Crippen LogP contribution in [0.15, 0.2) is 48.5 Å². The van der Waals surface area contributed by atoms with Crippen LogP contribution in [-0.4, -0.2) is 24.6 Å². The topological polar surface area (TPSA) is 76.4 Å².